The SMILES string of the molecule is O=C(O)Nc1ccc(C2(O)CCC3(CC2)OCCO3)cc1. The van der Waals surface area contributed by atoms with E-state index in [1.807, 2.05) is 0 Å². The molecule has 2 fully saturated rings. The molecule has 2 aliphatic rings. The summed E-state index contributed by atoms with van der Waals surface area (Å²) < 4.78 is 11.3. The van der Waals surface area contributed by atoms with Crippen molar-refractivity contribution in [3.63, 3.8) is 0 Å². The second-order valence-corrected chi connectivity index (χ2v) is 5.65. The van der Waals surface area contributed by atoms with Crippen molar-refractivity contribution in [2.45, 2.75) is 37.1 Å². The van der Waals surface area contributed by atoms with Crippen molar-refractivity contribution in [1.29, 1.82) is 0 Å². The Morgan fingerprint density at radius 2 is 1.62 bits per heavy atom. The van der Waals surface area contributed by atoms with Gasteiger partial charge in [0.05, 0.1) is 18.8 Å². The van der Waals surface area contributed by atoms with Gasteiger partial charge in [0.25, 0.3) is 0 Å². The summed E-state index contributed by atoms with van der Waals surface area (Å²) in [7, 11) is 0. The number of anilines is 1. The average Bonchev–Trinajstić information content (AvgIpc) is 2.92. The van der Waals surface area contributed by atoms with E-state index in [0.29, 0.717) is 44.6 Å². The quantitative estimate of drug-likeness (QED) is 0.778. The normalized spacial score (nSPS) is 23.1. The molecule has 1 saturated heterocycles. The summed E-state index contributed by atoms with van der Waals surface area (Å²) in [6.07, 6.45) is 1.37. The zero-order valence-corrected chi connectivity index (χ0v) is 11.7. The van der Waals surface area contributed by atoms with Crippen LogP contribution in [0.2, 0.25) is 0 Å². The van der Waals surface area contributed by atoms with Gasteiger partial charge in [0.2, 0.25) is 0 Å². The topological polar surface area (TPSA) is 88.0 Å². The molecule has 3 N–H and O–H groups in total. The first kappa shape index (κ1) is 14.3. The second-order valence-electron chi connectivity index (χ2n) is 5.65. The van der Waals surface area contributed by atoms with Gasteiger partial charge in [0.15, 0.2) is 5.79 Å². The molecular formula is C15H19NO5. The van der Waals surface area contributed by atoms with Crippen molar-refractivity contribution in [1.82, 2.24) is 0 Å². The summed E-state index contributed by atoms with van der Waals surface area (Å²) in [5, 5.41) is 21.8. The van der Waals surface area contributed by atoms with Crippen LogP contribution >= 0.6 is 0 Å². The van der Waals surface area contributed by atoms with Gasteiger partial charge in [-0.15, -0.1) is 0 Å². The van der Waals surface area contributed by atoms with E-state index in [2.05, 4.69) is 5.32 Å². The van der Waals surface area contributed by atoms with E-state index in [1.54, 1.807) is 24.3 Å². The molecule has 21 heavy (non-hydrogen) atoms. The zero-order valence-electron chi connectivity index (χ0n) is 11.7. The predicted octanol–water partition coefficient (Wildman–Crippen LogP) is 2.28. The van der Waals surface area contributed by atoms with Gasteiger partial charge in [-0.2, -0.15) is 0 Å². The monoisotopic (exact) mass is 293 g/mol. The Labute approximate surface area is 122 Å². The summed E-state index contributed by atoms with van der Waals surface area (Å²) >= 11 is 0. The lowest BCUT2D eigenvalue weighted by atomic mass is 9.77. The highest BCUT2D eigenvalue weighted by atomic mass is 16.7. The minimum absolute atomic E-state index is 0.490. The summed E-state index contributed by atoms with van der Waals surface area (Å²) in [6.45, 7) is 1.24. The maximum absolute atomic E-state index is 10.8. The van der Waals surface area contributed by atoms with E-state index in [0.717, 1.165) is 5.56 Å². The standard InChI is InChI=1S/C15H19NO5/c17-13(18)16-12-3-1-11(2-4-12)14(19)5-7-15(8-6-14)20-9-10-21-15/h1-4,16,19H,5-10H2,(H,17,18). The van der Waals surface area contributed by atoms with Crippen molar-refractivity contribution in [3.05, 3.63) is 29.8 Å². The molecular weight excluding hydrogens is 274 g/mol. The van der Waals surface area contributed by atoms with Gasteiger partial charge in [-0.3, -0.25) is 5.32 Å². The fourth-order valence-electron chi connectivity index (χ4n) is 3.11. The molecule has 114 valence electrons. The zero-order chi connectivity index (χ0) is 14.9. The lowest BCUT2D eigenvalue weighted by Gasteiger charge is -2.40. The van der Waals surface area contributed by atoms with E-state index in [1.165, 1.54) is 0 Å². The Balaban J connectivity index is 1.70. The molecule has 0 bridgehead atoms. The van der Waals surface area contributed by atoms with E-state index >= 15 is 0 Å². The molecule has 0 aromatic heterocycles. The molecule has 6 nitrogen and oxygen atoms in total. The molecule has 1 amide bonds. The van der Waals surface area contributed by atoms with Gasteiger partial charge < -0.3 is 19.7 Å². The highest BCUT2D eigenvalue weighted by molar-refractivity contribution is 5.82. The lowest BCUT2D eigenvalue weighted by molar-refractivity contribution is -0.204. The number of ether oxygens (including phenoxy) is 2. The number of carbonyl (C=O) groups is 1. The van der Waals surface area contributed by atoms with Crippen LogP contribution in [0, 0.1) is 0 Å². The molecule has 1 aliphatic carbocycles. The first-order valence-corrected chi connectivity index (χ1v) is 7.12. The first-order valence-electron chi connectivity index (χ1n) is 7.12. The van der Waals surface area contributed by atoms with Gasteiger partial charge in [-0.1, -0.05) is 12.1 Å². The second kappa shape index (κ2) is 5.29. The molecule has 0 radical (unpaired) electrons. The molecule has 6 heteroatoms. The minimum atomic E-state index is -1.10. The maximum Gasteiger partial charge on any atom is 0.409 e. The van der Waals surface area contributed by atoms with Crippen molar-refractivity contribution >= 4 is 11.8 Å². The van der Waals surface area contributed by atoms with Gasteiger partial charge >= 0.3 is 6.09 Å². The van der Waals surface area contributed by atoms with Crippen LogP contribution in [-0.4, -0.2) is 35.3 Å². The third-order valence-corrected chi connectivity index (χ3v) is 4.33. The third-order valence-electron chi connectivity index (χ3n) is 4.33. The van der Waals surface area contributed by atoms with Crippen LogP contribution in [0.4, 0.5) is 10.5 Å². The first-order chi connectivity index (χ1) is 10.0. The Hall–Kier alpha value is -1.63. The van der Waals surface area contributed by atoms with E-state index < -0.39 is 17.5 Å². The summed E-state index contributed by atoms with van der Waals surface area (Å²) in [6, 6.07) is 6.85. The van der Waals surface area contributed by atoms with Crippen LogP contribution in [0.3, 0.4) is 0 Å². The van der Waals surface area contributed by atoms with Crippen LogP contribution in [0.15, 0.2) is 24.3 Å². The van der Waals surface area contributed by atoms with Crippen molar-refractivity contribution < 1.29 is 24.5 Å². The summed E-state index contributed by atoms with van der Waals surface area (Å²) in [5.74, 6) is -0.503. The predicted molar refractivity (Wildman–Crippen MR) is 75.1 cm³/mol. The minimum Gasteiger partial charge on any atom is -0.465 e. The molecule has 1 saturated carbocycles. The number of aliphatic hydroxyl groups is 1. The highest BCUT2D eigenvalue weighted by Gasteiger charge is 2.46. The van der Waals surface area contributed by atoms with E-state index in [-0.39, 0.29) is 0 Å². The smallest absolute Gasteiger partial charge is 0.409 e. The van der Waals surface area contributed by atoms with Gasteiger partial charge in [-0.25, -0.2) is 4.79 Å². The largest absolute Gasteiger partial charge is 0.465 e. The van der Waals surface area contributed by atoms with E-state index in [4.69, 9.17) is 14.6 Å². The number of hydrogen-bond donors (Lipinski definition) is 3. The van der Waals surface area contributed by atoms with Gasteiger partial charge in [-0.05, 0) is 30.5 Å². The van der Waals surface area contributed by atoms with Crippen LogP contribution < -0.4 is 5.32 Å². The Kier molecular flexibility index (Phi) is 3.61. The number of carboxylic acid groups (broad SMARTS) is 1. The third kappa shape index (κ3) is 2.88. The number of hydrogen-bond acceptors (Lipinski definition) is 4. The Bertz CT molecular complexity index is 511. The molecule has 0 atom stereocenters. The van der Waals surface area contributed by atoms with Crippen LogP contribution in [0.1, 0.15) is 31.2 Å². The summed E-state index contributed by atoms with van der Waals surface area (Å²) in [4.78, 5) is 10.6. The van der Waals surface area contributed by atoms with Crippen LogP contribution in [-0.2, 0) is 15.1 Å². The molecule has 3 rings (SSSR count). The number of nitrogens with one attached hydrogen (secondary N) is 1. The Morgan fingerprint density at radius 1 is 1.05 bits per heavy atom. The molecule has 1 aliphatic heterocycles. The fourth-order valence-corrected chi connectivity index (χ4v) is 3.11. The lowest BCUT2D eigenvalue weighted by Crippen LogP contribution is -2.42. The molecule has 1 aromatic carbocycles. The summed E-state index contributed by atoms with van der Waals surface area (Å²) in [5.41, 5.74) is 0.387. The molecule has 1 aromatic rings. The van der Waals surface area contributed by atoms with Gasteiger partial charge in [0, 0.05) is 18.5 Å². The van der Waals surface area contributed by atoms with Crippen molar-refractivity contribution in [2.24, 2.45) is 0 Å². The molecule has 1 spiro atoms. The number of amides is 1. The maximum atomic E-state index is 10.8. The van der Waals surface area contributed by atoms with Crippen LogP contribution in [0.5, 0.6) is 0 Å². The molecule has 0 unspecified atom stereocenters. The number of benzene rings is 1. The Morgan fingerprint density at radius 3 is 2.14 bits per heavy atom. The van der Waals surface area contributed by atoms with Crippen molar-refractivity contribution in [2.75, 3.05) is 18.5 Å². The molecule has 1 heterocycles. The van der Waals surface area contributed by atoms with Crippen LogP contribution in [0.25, 0.3) is 0 Å². The van der Waals surface area contributed by atoms with Gasteiger partial charge in [0.1, 0.15) is 0 Å². The highest BCUT2D eigenvalue weighted by Crippen LogP contribution is 2.44. The average molecular weight is 293 g/mol. The fraction of sp³-hybridized carbons (Fsp3) is 0.533. The van der Waals surface area contributed by atoms with Crippen molar-refractivity contribution in [3.8, 4) is 0 Å². The van der Waals surface area contributed by atoms with E-state index in [9.17, 15) is 9.90 Å². The number of rotatable bonds is 2.